The minimum Gasteiger partial charge on any atom is -0.478 e. The molecular formula is C15H11F2NO2S. The molecule has 0 aliphatic heterocycles. The van der Waals surface area contributed by atoms with Crippen molar-refractivity contribution in [2.24, 2.45) is 0 Å². The van der Waals surface area contributed by atoms with E-state index in [2.05, 4.69) is 4.98 Å². The van der Waals surface area contributed by atoms with Crippen LogP contribution >= 0.6 is 11.3 Å². The number of carboxylic acid groups (broad SMARTS) is 1. The van der Waals surface area contributed by atoms with E-state index < -0.39 is 17.6 Å². The Morgan fingerprint density at radius 3 is 2.57 bits per heavy atom. The summed E-state index contributed by atoms with van der Waals surface area (Å²) in [5, 5.41) is 8.96. The van der Waals surface area contributed by atoms with Gasteiger partial charge in [0.15, 0.2) is 0 Å². The Morgan fingerprint density at radius 2 is 2.00 bits per heavy atom. The van der Waals surface area contributed by atoms with Crippen molar-refractivity contribution in [3.63, 3.8) is 0 Å². The minimum absolute atomic E-state index is 0.153. The highest BCUT2D eigenvalue weighted by molar-refractivity contribution is 7.16. The Kier molecular flexibility index (Phi) is 3.55. The lowest BCUT2D eigenvalue weighted by molar-refractivity contribution is -0.131. The van der Waals surface area contributed by atoms with Gasteiger partial charge in [-0.3, -0.25) is 0 Å². The molecule has 1 heterocycles. The fraction of sp³-hybridized carbons (Fsp3) is 0.200. The van der Waals surface area contributed by atoms with E-state index in [-0.39, 0.29) is 16.5 Å². The molecule has 0 bridgehead atoms. The van der Waals surface area contributed by atoms with Crippen LogP contribution in [0.5, 0.6) is 0 Å². The number of hydrogen-bond donors (Lipinski definition) is 1. The van der Waals surface area contributed by atoms with E-state index in [0.717, 1.165) is 35.9 Å². The first kappa shape index (κ1) is 13.9. The topological polar surface area (TPSA) is 50.2 Å². The first-order chi connectivity index (χ1) is 10.1. The number of thiazole rings is 1. The molecule has 1 N–H and O–H groups in total. The molecular weight excluding hydrogens is 296 g/mol. The zero-order valence-corrected chi connectivity index (χ0v) is 11.7. The number of benzene rings is 1. The average molecular weight is 307 g/mol. The van der Waals surface area contributed by atoms with Gasteiger partial charge in [-0.1, -0.05) is 6.07 Å². The highest BCUT2D eigenvalue weighted by Crippen LogP contribution is 2.45. The molecule has 0 atom stereocenters. The van der Waals surface area contributed by atoms with E-state index in [9.17, 15) is 13.6 Å². The van der Waals surface area contributed by atoms with Gasteiger partial charge >= 0.3 is 5.97 Å². The molecule has 1 aromatic carbocycles. The second-order valence-corrected chi connectivity index (χ2v) is 5.84. The maximum absolute atomic E-state index is 13.8. The van der Waals surface area contributed by atoms with Crippen molar-refractivity contribution >= 4 is 23.4 Å². The lowest BCUT2D eigenvalue weighted by Crippen LogP contribution is -1.90. The van der Waals surface area contributed by atoms with Crippen LogP contribution in [0, 0.1) is 11.6 Å². The van der Waals surface area contributed by atoms with Crippen LogP contribution in [0.4, 0.5) is 8.78 Å². The number of aliphatic carboxylic acids is 1. The maximum atomic E-state index is 13.8. The third-order valence-electron chi connectivity index (χ3n) is 3.20. The van der Waals surface area contributed by atoms with Crippen LogP contribution in [-0.4, -0.2) is 16.1 Å². The van der Waals surface area contributed by atoms with Crippen LogP contribution in [0.3, 0.4) is 0 Å². The molecule has 21 heavy (non-hydrogen) atoms. The van der Waals surface area contributed by atoms with Crippen LogP contribution in [0.2, 0.25) is 0 Å². The molecule has 1 aliphatic carbocycles. The number of carboxylic acids is 1. The van der Waals surface area contributed by atoms with Gasteiger partial charge in [0.1, 0.15) is 16.6 Å². The van der Waals surface area contributed by atoms with Crippen molar-refractivity contribution < 1.29 is 18.7 Å². The fourth-order valence-corrected chi connectivity index (χ4v) is 3.17. The Labute approximate surface area is 123 Å². The van der Waals surface area contributed by atoms with Gasteiger partial charge < -0.3 is 5.11 Å². The Bertz CT molecular complexity index is 715. The second-order valence-electron chi connectivity index (χ2n) is 4.81. The molecule has 3 nitrogen and oxygen atoms in total. The van der Waals surface area contributed by atoms with E-state index in [4.69, 9.17) is 5.11 Å². The summed E-state index contributed by atoms with van der Waals surface area (Å²) in [5.74, 6) is -2.14. The molecule has 0 saturated heterocycles. The molecule has 0 unspecified atom stereocenters. The molecule has 1 aliphatic rings. The standard InChI is InChI=1S/C15H11F2NO2S/c16-9-2-1-3-10(17)13(9)15-18-14(8-4-5-8)11(21-15)6-7-12(19)20/h1-3,6-8H,4-5H2,(H,19,20)/b7-6+. The van der Waals surface area contributed by atoms with E-state index in [0.29, 0.717) is 4.88 Å². The summed E-state index contributed by atoms with van der Waals surface area (Å²) in [6.07, 6.45) is 4.39. The molecule has 0 radical (unpaired) electrons. The zero-order chi connectivity index (χ0) is 15.0. The predicted octanol–water partition coefficient (Wildman–Crippen LogP) is 4.06. The number of rotatable bonds is 4. The Balaban J connectivity index is 2.08. The van der Waals surface area contributed by atoms with Gasteiger partial charge in [-0.25, -0.2) is 18.6 Å². The average Bonchev–Trinajstić information content (AvgIpc) is 3.18. The molecule has 0 spiro atoms. The zero-order valence-electron chi connectivity index (χ0n) is 10.8. The van der Waals surface area contributed by atoms with Gasteiger partial charge in [0.2, 0.25) is 0 Å². The van der Waals surface area contributed by atoms with Crippen molar-refractivity contribution in [1.82, 2.24) is 4.98 Å². The van der Waals surface area contributed by atoms with Crippen LogP contribution < -0.4 is 0 Å². The lowest BCUT2D eigenvalue weighted by Gasteiger charge is -1.99. The third kappa shape index (κ3) is 2.85. The highest BCUT2D eigenvalue weighted by atomic mass is 32.1. The van der Waals surface area contributed by atoms with Crippen molar-refractivity contribution in [2.45, 2.75) is 18.8 Å². The Hall–Kier alpha value is -2.08. The summed E-state index contributed by atoms with van der Waals surface area (Å²) in [7, 11) is 0. The molecule has 3 rings (SSSR count). The molecule has 2 aromatic rings. The van der Waals surface area contributed by atoms with Crippen molar-refractivity contribution in [3.05, 3.63) is 46.5 Å². The first-order valence-electron chi connectivity index (χ1n) is 6.42. The summed E-state index contributed by atoms with van der Waals surface area (Å²) in [5.41, 5.74) is 0.578. The van der Waals surface area contributed by atoms with E-state index >= 15 is 0 Å². The van der Waals surface area contributed by atoms with Gasteiger partial charge in [-0.15, -0.1) is 11.3 Å². The summed E-state index contributed by atoms with van der Waals surface area (Å²) >= 11 is 1.11. The SMILES string of the molecule is O=C(O)/C=C/c1sc(-c2c(F)cccc2F)nc1C1CC1. The minimum atomic E-state index is -1.07. The van der Waals surface area contributed by atoms with Gasteiger partial charge in [0.05, 0.1) is 16.1 Å². The number of aromatic nitrogens is 1. The van der Waals surface area contributed by atoms with Gasteiger partial charge in [-0.2, -0.15) is 0 Å². The smallest absolute Gasteiger partial charge is 0.328 e. The third-order valence-corrected chi connectivity index (χ3v) is 4.25. The normalized spacial score (nSPS) is 14.8. The molecule has 1 fully saturated rings. The van der Waals surface area contributed by atoms with Crippen molar-refractivity contribution in [3.8, 4) is 10.6 Å². The van der Waals surface area contributed by atoms with E-state index in [1.165, 1.54) is 24.3 Å². The van der Waals surface area contributed by atoms with E-state index in [1.807, 2.05) is 0 Å². The molecule has 6 heteroatoms. The molecule has 0 amide bonds. The fourth-order valence-electron chi connectivity index (χ4n) is 2.07. The Morgan fingerprint density at radius 1 is 1.33 bits per heavy atom. The van der Waals surface area contributed by atoms with Crippen LogP contribution in [0.1, 0.15) is 29.3 Å². The quantitative estimate of drug-likeness (QED) is 0.866. The highest BCUT2D eigenvalue weighted by Gasteiger charge is 2.30. The summed E-state index contributed by atoms with van der Waals surface area (Å²) in [6.45, 7) is 0. The van der Waals surface area contributed by atoms with Crippen LogP contribution in [0.15, 0.2) is 24.3 Å². The second kappa shape index (κ2) is 5.37. The number of carbonyl (C=O) groups is 1. The van der Waals surface area contributed by atoms with Gasteiger partial charge in [0, 0.05) is 12.0 Å². The molecule has 1 saturated carbocycles. The summed E-state index contributed by atoms with van der Waals surface area (Å²) < 4.78 is 27.6. The monoisotopic (exact) mass is 307 g/mol. The number of nitrogens with zero attached hydrogens (tertiary/aromatic N) is 1. The van der Waals surface area contributed by atoms with Gasteiger partial charge in [0.25, 0.3) is 0 Å². The van der Waals surface area contributed by atoms with Crippen LogP contribution in [-0.2, 0) is 4.79 Å². The lowest BCUT2D eigenvalue weighted by atomic mass is 10.2. The first-order valence-corrected chi connectivity index (χ1v) is 7.24. The number of hydrogen-bond acceptors (Lipinski definition) is 3. The summed E-state index contributed by atoms with van der Waals surface area (Å²) in [4.78, 5) is 15.6. The number of halogens is 2. The van der Waals surface area contributed by atoms with Crippen molar-refractivity contribution in [2.75, 3.05) is 0 Å². The maximum Gasteiger partial charge on any atom is 0.328 e. The van der Waals surface area contributed by atoms with Gasteiger partial charge in [-0.05, 0) is 31.1 Å². The van der Waals surface area contributed by atoms with Crippen molar-refractivity contribution in [1.29, 1.82) is 0 Å². The summed E-state index contributed by atoms with van der Waals surface area (Å²) in [6, 6.07) is 3.67. The largest absolute Gasteiger partial charge is 0.478 e. The van der Waals surface area contributed by atoms with Crippen LogP contribution in [0.25, 0.3) is 16.6 Å². The predicted molar refractivity (Wildman–Crippen MR) is 76.1 cm³/mol. The van der Waals surface area contributed by atoms with E-state index in [1.54, 1.807) is 0 Å². The molecule has 108 valence electrons. The molecule has 1 aromatic heterocycles.